The van der Waals surface area contributed by atoms with Crippen molar-refractivity contribution in [2.75, 3.05) is 25.8 Å². The van der Waals surface area contributed by atoms with E-state index in [1.807, 2.05) is 0 Å². The van der Waals surface area contributed by atoms with Gasteiger partial charge in [-0.05, 0) is 38.1 Å². The van der Waals surface area contributed by atoms with Gasteiger partial charge in [-0.15, -0.1) is 0 Å². The Balaban J connectivity index is 2.99. The molecule has 6 nitrogen and oxygen atoms in total. The maximum absolute atomic E-state index is 12.4. The molecule has 0 fully saturated rings. The predicted molar refractivity (Wildman–Crippen MR) is 77.8 cm³/mol. The van der Waals surface area contributed by atoms with Crippen molar-refractivity contribution in [1.82, 2.24) is 0 Å². The predicted octanol–water partition coefficient (Wildman–Crippen LogP) is 3.32. The van der Waals surface area contributed by atoms with Crippen molar-refractivity contribution in [1.29, 1.82) is 4.78 Å². The van der Waals surface area contributed by atoms with E-state index in [9.17, 15) is 8.77 Å². The van der Waals surface area contributed by atoms with Crippen molar-refractivity contribution in [3.63, 3.8) is 0 Å². The SMILES string of the molecule is CCOP(=O)(CS(=N)(=O)c1ccc(OC)cc1)OCC. The molecule has 0 saturated carbocycles. The highest BCUT2D eigenvalue weighted by Crippen LogP contribution is 2.50. The highest BCUT2D eigenvalue weighted by Gasteiger charge is 2.30. The molecule has 1 aromatic carbocycles. The zero-order valence-electron chi connectivity index (χ0n) is 11.8. The second-order valence-electron chi connectivity index (χ2n) is 3.93. The maximum Gasteiger partial charge on any atom is 0.344 e. The number of nitrogens with one attached hydrogen (secondary N) is 1. The van der Waals surface area contributed by atoms with Crippen LogP contribution in [0.15, 0.2) is 29.2 Å². The van der Waals surface area contributed by atoms with Crippen LogP contribution in [-0.4, -0.2) is 30.0 Å². The summed E-state index contributed by atoms with van der Waals surface area (Å²) in [5, 5.41) is 0. The molecule has 0 amide bonds. The van der Waals surface area contributed by atoms with Crippen LogP contribution in [0.1, 0.15) is 13.8 Å². The lowest BCUT2D eigenvalue weighted by atomic mass is 10.3. The summed E-state index contributed by atoms with van der Waals surface area (Å²) in [6.45, 7) is 3.69. The minimum Gasteiger partial charge on any atom is -0.497 e. The van der Waals surface area contributed by atoms with Crippen molar-refractivity contribution in [2.45, 2.75) is 18.7 Å². The Morgan fingerprint density at radius 1 is 1.15 bits per heavy atom. The first-order valence-corrected chi connectivity index (χ1v) is 9.61. The molecule has 0 aromatic heterocycles. The number of benzene rings is 1. The molecule has 0 bridgehead atoms. The van der Waals surface area contributed by atoms with Gasteiger partial charge in [-0.25, -0.2) is 8.99 Å². The monoisotopic (exact) mass is 321 g/mol. The second kappa shape index (κ2) is 7.22. The topological polar surface area (TPSA) is 85.7 Å². The standard InChI is InChI=1S/C12H20NO5PS/c1-4-17-19(14,18-5-2)10-20(13,15)12-8-6-11(16-3)7-9-12/h6-9,13H,4-5,10H2,1-3H3. The number of hydrogen-bond acceptors (Lipinski definition) is 6. The van der Waals surface area contributed by atoms with Gasteiger partial charge in [0.1, 0.15) is 11.2 Å². The van der Waals surface area contributed by atoms with E-state index in [4.69, 9.17) is 18.6 Å². The fraction of sp³-hybridized carbons (Fsp3) is 0.500. The number of rotatable bonds is 8. The summed E-state index contributed by atoms with van der Waals surface area (Å²) in [5.74, 6) is 0.599. The van der Waals surface area contributed by atoms with E-state index in [2.05, 4.69) is 0 Å². The Morgan fingerprint density at radius 2 is 1.65 bits per heavy atom. The van der Waals surface area contributed by atoms with E-state index < -0.39 is 22.8 Å². The van der Waals surface area contributed by atoms with E-state index in [1.54, 1.807) is 26.0 Å². The second-order valence-corrected chi connectivity index (χ2v) is 8.52. The first-order valence-electron chi connectivity index (χ1n) is 6.15. The van der Waals surface area contributed by atoms with Crippen LogP contribution >= 0.6 is 7.60 Å². The summed E-state index contributed by atoms with van der Waals surface area (Å²) in [4.78, 5) is 0.276. The summed E-state index contributed by atoms with van der Waals surface area (Å²) in [5.41, 5.74) is -0.450. The van der Waals surface area contributed by atoms with Crippen LogP contribution in [0.2, 0.25) is 0 Å². The third-order valence-electron chi connectivity index (χ3n) is 2.43. The van der Waals surface area contributed by atoms with Crippen molar-refractivity contribution in [2.24, 2.45) is 0 Å². The number of methoxy groups -OCH3 is 1. The largest absolute Gasteiger partial charge is 0.497 e. The molecule has 20 heavy (non-hydrogen) atoms. The third-order valence-corrected chi connectivity index (χ3v) is 7.49. The highest BCUT2D eigenvalue weighted by molar-refractivity contribution is 7.98. The number of ether oxygens (including phenoxy) is 1. The molecule has 1 N–H and O–H groups in total. The van der Waals surface area contributed by atoms with Crippen LogP contribution in [0.25, 0.3) is 0 Å². The van der Waals surface area contributed by atoms with Crippen LogP contribution in [0.3, 0.4) is 0 Å². The Bertz CT molecular complexity index is 560. The molecule has 0 heterocycles. The van der Waals surface area contributed by atoms with E-state index >= 15 is 0 Å². The van der Waals surface area contributed by atoms with Crippen LogP contribution in [-0.2, 0) is 23.3 Å². The lowest BCUT2D eigenvalue weighted by Crippen LogP contribution is -2.10. The molecule has 0 aliphatic carbocycles. The lowest BCUT2D eigenvalue weighted by molar-refractivity contribution is 0.224. The summed E-state index contributed by atoms with van der Waals surface area (Å²) in [6.07, 6.45) is 0. The average Bonchev–Trinajstić information content (AvgIpc) is 2.38. The van der Waals surface area contributed by atoms with Gasteiger partial charge in [0.25, 0.3) is 0 Å². The summed E-state index contributed by atoms with van der Waals surface area (Å²) >= 11 is 0. The minimum absolute atomic E-state index is 0.176. The lowest BCUT2D eigenvalue weighted by Gasteiger charge is -2.18. The normalized spacial score (nSPS) is 14.8. The first kappa shape index (κ1) is 17.2. The third kappa shape index (κ3) is 4.59. The molecule has 114 valence electrons. The summed E-state index contributed by atoms with van der Waals surface area (Å²) in [7, 11) is -5.26. The van der Waals surface area contributed by atoms with E-state index in [0.717, 1.165) is 0 Å². The molecule has 8 heteroatoms. The van der Waals surface area contributed by atoms with Crippen molar-refractivity contribution in [3.05, 3.63) is 24.3 Å². The van der Waals surface area contributed by atoms with Crippen LogP contribution in [0.5, 0.6) is 5.75 Å². The van der Waals surface area contributed by atoms with Gasteiger partial charge in [0.2, 0.25) is 0 Å². The van der Waals surface area contributed by atoms with Gasteiger partial charge in [0, 0.05) is 4.90 Å². The van der Waals surface area contributed by atoms with Gasteiger partial charge in [-0.3, -0.25) is 4.57 Å². The van der Waals surface area contributed by atoms with Crippen LogP contribution < -0.4 is 4.74 Å². The Labute approximate surface area is 119 Å². The molecule has 0 aliphatic heterocycles. The molecule has 0 aliphatic rings. The van der Waals surface area contributed by atoms with Gasteiger partial charge in [0.15, 0.2) is 0 Å². The van der Waals surface area contributed by atoms with Gasteiger partial charge >= 0.3 is 7.60 Å². The van der Waals surface area contributed by atoms with E-state index in [-0.39, 0.29) is 18.1 Å². The molecule has 0 saturated heterocycles. The smallest absolute Gasteiger partial charge is 0.344 e. The van der Waals surface area contributed by atoms with E-state index in [0.29, 0.717) is 5.75 Å². The fourth-order valence-corrected chi connectivity index (χ4v) is 6.01. The molecule has 1 atom stereocenters. The summed E-state index contributed by atoms with van der Waals surface area (Å²) in [6, 6.07) is 6.26. The molecule has 0 spiro atoms. The van der Waals surface area contributed by atoms with Crippen LogP contribution in [0.4, 0.5) is 0 Å². The van der Waals surface area contributed by atoms with Crippen LogP contribution in [0, 0.1) is 4.78 Å². The van der Waals surface area contributed by atoms with Crippen molar-refractivity contribution >= 4 is 17.3 Å². The zero-order valence-corrected chi connectivity index (χ0v) is 13.5. The Morgan fingerprint density at radius 3 is 2.05 bits per heavy atom. The van der Waals surface area contributed by atoms with Gasteiger partial charge in [0.05, 0.1) is 30.1 Å². The molecule has 1 aromatic rings. The van der Waals surface area contributed by atoms with Crippen molar-refractivity contribution in [3.8, 4) is 5.75 Å². The highest BCUT2D eigenvalue weighted by atomic mass is 32.2. The fourth-order valence-electron chi connectivity index (χ4n) is 1.60. The zero-order chi connectivity index (χ0) is 15.2. The summed E-state index contributed by atoms with van der Waals surface area (Å²) < 4.78 is 47.9. The van der Waals surface area contributed by atoms with Gasteiger partial charge in [-0.2, -0.15) is 0 Å². The minimum atomic E-state index is -3.52. The molecular formula is C12H20NO5PS. The van der Waals surface area contributed by atoms with Crippen molar-refractivity contribution < 1.29 is 22.6 Å². The molecule has 1 unspecified atom stereocenters. The molecule has 0 radical (unpaired) electrons. The molecule has 1 rings (SSSR count). The Hall–Kier alpha value is -0.880. The average molecular weight is 321 g/mol. The maximum atomic E-state index is 12.4. The quantitative estimate of drug-likeness (QED) is 0.742. The molecular weight excluding hydrogens is 301 g/mol. The number of hydrogen-bond donors (Lipinski definition) is 1. The first-order chi connectivity index (χ1) is 9.37. The Kier molecular flexibility index (Phi) is 6.20. The van der Waals surface area contributed by atoms with E-state index in [1.165, 1.54) is 19.2 Å². The van der Waals surface area contributed by atoms with Gasteiger partial charge < -0.3 is 13.8 Å². The van der Waals surface area contributed by atoms with Gasteiger partial charge in [-0.1, -0.05) is 0 Å².